The van der Waals surface area contributed by atoms with Crippen LogP contribution in [0.25, 0.3) is 0 Å². The summed E-state index contributed by atoms with van der Waals surface area (Å²) < 4.78 is 21.5. The van der Waals surface area contributed by atoms with Gasteiger partial charge >= 0.3 is 7.82 Å². The lowest BCUT2D eigenvalue weighted by atomic mass is 10.1. The number of aliphatic hydroxyl groups is 2. The Labute approximate surface area is 237 Å². The SMILES string of the molecule is CCCCCCCCCCCC(=O)N(CCOP(=O)(O)OC[C@H](O)CO)C(=O)CCCCCCCCCCC. The minimum atomic E-state index is -4.49. The van der Waals surface area contributed by atoms with Crippen LogP contribution in [0.4, 0.5) is 0 Å². The van der Waals surface area contributed by atoms with E-state index in [4.69, 9.17) is 9.63 Å². The number of imide groups is 1. The molecular weight excluding hydrogens is 521 g/mol. The van der Waals surface area contributed by atoms with Crippen molar-refractivity contribution in [2.45, 2.75) is 148 Å². The summed E-state index contributed by atoms with van der Waals surface area (Å²) in [6, 6.07) is 0. The first-order valence-corrected chi connectivity index (χ1v) is 17.0. The molecule has 0 saturated heterocycles. The second kappa shape index (κ2) is 26.1. The zero-order valence-corrected chi connectivity index (χ0v) is 25.7. The minimum absolute atomic E-state index is 0.136. The van der Waals surface area contributed by atoms with Crippen molar-refractivity contribution >= 4 is 19.6 Å². The first-order valence-electron chi connectivity index (χ1n) is 15.5. The van der Waals surface area contributed by atoms with Crippen LogP contribution in [-0.4, -0.2) is 64.3 Å². The quantitative estimate of drug-likeness (QED) is 0.0691. The number of carbonyl (C=O) groups is 2. The van der Waals surface area contributed by atoms with Crippen molar-refractivity contribution in [3.8, 4) is 0 Å². The minimum Gasteiger partial charge on any atom is -0.394 e. The highest BCUT2D eigenvalue weighted by atomic mass is 31.2. The number of nitrogens with zero attached hydrogens (tertiary/aromatic N) is 1. The zero-order chi connectivity index (χ0) is 29.2. The summed E-state index contributed by atoms with van der Waals surface area (Å²) in [5, 5.41) is 18.1. The van der Waals surface area contributed by atoms with Crippen LogP contribution in [-0.2, 0) is 23.2 Å². The predicted molar refractivity (Wildman–Crippen MR) is 155 cm³/mol. The summed E-state index contributed by atoms with van der Waals surface area (Å²) in [6.07, 6.45) is 19.5. The molecule has 0 aliphatic heterocycles. The van der Waals surface area contributed by atoms with E-state index in [1.807, 2.05) is 0 Å². The molecule has 0 saturated carbocycles. The molecule has 232 valence electrons. The number of phosphoric ester groups is 1. The van der Waals surface area contributed by atoms with E-state index in [1.165, 1.54) is 64.2 Å². The first-order chi connectivity index (χ1) is 18.8. The van der Waals surface area contributed by atoms with Crippen LogP contribution in [0.15, 0.2) is 0 Å². The molecule has 3 N–H and O–H groups in total. The number of rotatable bonds is 28. The van der Waals surface area contributed by atoms with Crippen molar-refractivity contribution in [1.82, 2.24) is 4.90 Å². The largest absolute Gasteiger partial charge is 0.472 e. The molecule has 0 aromatic carbocycles. The van der Waals surface area contributed by atoms with Gasteiger partial charge in [0.1, 0.15) is 6.10 Å². The molecule has 2 amide bonds. The molecule has 9 nitrogen and oxygen atoms in total. The molecule has 10 heteroatoms. The maximum atomic E-state index is 12.9. The molecule has 0 bridgehead atoms. The number of unbranched alkanes of at least 4 members (excludes halogenated alkanes) is 16. The first kappa shape index (κ1) is 38.2. The van der Waals surface area contributed by atoms with E-state index in [1.54, 1.807) is 0 Å². The Bertz CT molecular complexity index is 615. The highest BCUT2D eigenvalue weighted by Crippen LogP contribution is 2.43. The maximum Gasteiger partial charge on any atom is 0.472 e. The molecule has 0 fully saturated rings. The van der Waals surface area contributed by atoms with Gasteiger partial charge in [-0.15, -0.1) is 0 Å². The molecule has 0 aliphatic rings. The van der Waals surface area contributed by atoms with E-state index in [2.05, 4.69) is 18.4 Å². The average molecular weight is 580 g/mol. The summed E-state index contributed by atoms with van der Waals surface area (Å²) in [5.74, 6) is -0.571. The lowest BCUT2D eigenvalue weighted by Gasteiger charge is -2.22. The third kappa shape index (κ3) is 23.6. The van der Waals surface area contributed by atoms with Crippen LogP contribution >= 0.6 is 7.82 Å². The summed E-state index contributed by atoms with van der Waals surface area (Å²) in [4.78, 5) is 36.7. The van der Waals surface area contributed by atoms with E-state index in [0.717, 1.165) is 43.4 Å². The second-order valence-electron chi connectivity index (χ2n) is 10.5. The van der Waals surface area contributed by atoms with Gasteiger partial charge in [-0.05, 0) is 12.8 Å². The molecule has 0 spiro atoms. The third-order valence-corrected chi connectivity index (χ3v) is 7.78. The van der Waals surface area contributed by atoms with E-state index < -0.39 is 27.1 Å². The molecule has 0 aromatic heterocycles. The third-order valence-electron chi connectivity index (χ3n) is 6.80. The van der Waals surface area contributed by atoms with Gasteiger partial charge in [-0.25, -0.2) is 4.57 Å². The fourth-order valence-corrected chi connectivity index (χ4v) is 5.10. The van der Waals surface area contributed by atoms with Gasteiger partial charge in [0.2, 0.25) is 11.8 Å². The van der Waals surface area contributed by atoms with Gasteiger partial charge in [0, 0.05) is 12.8 Å². The van der Waals surface area contributed by atoms with E-state index >= 15 is 0 Å². The normalized spacial score (nSPS) is 13.8. The Morgan fingerprint density at radius 3 is 1.46 bits per heavy atom. The molecular formula is C29H58NO8P. The summed E-state index contributed by atoms with van der Waals surface area (Å²) >= 11 is 0. The molecule has 0 aliphatic carbocycles. The fraction of sp³-hybridized carbons (Fsp3) is 0.931. The standard InChI is InChI=1S/C29H58NO8P/c1-3-5-7-9-11-13-15-17-19-21-28(33)30(23-24-37-39(35,36)38-26-27(32)25-31)29(34)22-20-18-16-14-12-10-8-6-4-2/h27,31-32H,3-26H2,1-2H3,(H,35,36)/t27-/m1/s1. The van der Waals surface area contributed by atoms with Crippen molar-refractivity contribution in [3.05, 3.63) is 0 Å². The van der Waals surface area contributed by atoms with Crippen LogP contribution in [0.5, 0.6) is 0 Å². The molecule has 0 rings (SSSR count). The number of amides is 2. The number of hydrogen-bond donors (Lipinski definition) is 3. The Kier molecular flexibility index (Phi) is 25.5. The van der Waals surface area contributed by atoms with Crippen molar-refractivity contribution in [3.63, 3.8) is 0 Å². The topological polar surface area (TPSA) is 134 Å². The number of phosphoric acid groups is 1. The van der Waals surface area contributed by atoms with E-state index in [9.17, 15) is 24.2 Å². The molecule has 1 unspecified atom stereocenters. The second-order valence-corrected chi connectivity index (χ2v) is 12.0. The number of hydrogen-bond acceptors (Lipinski definition) is 7. The lowest BCUT2D eigenvalue weighted by molar-refractivity contribution is -0.145. The van der Waals surface area contributed by atoms with Gasteiger partial charge in [-0.3, -0.25) is 23.5 Å². The monoisotopic (exact) mass is 579 g/mol. The highest BCUT2D eigenvalue weighted by Gasteiger charge is 2.25. The van der Waals surface area contributed by atoms with Crippen LogP contribution in [0.2, 0.25) is 0 Å². The van der Waals surface area contributed by atoms with Crippen molar-refractivity contribution in [2.24, 2.45) is 0 Å². The van der Waals surface area contributed by atoms with E-state index in [-0.39, 0.29) is 37.8 Å². The Morgan fingerprint density at radius 2 is 1.08 bits per heavy atom. The number of carbonyl (C=O) groups excluding carboxylic acids is 2. The van der Waals surface area contributed by atoms with Gasteiger partial charge in [0.05, 0.1) is 26.4 Å². The van der Waals surface area contributed by atoms with Gasteiger partial charge in [0.25, 0.3) is 0 Å². The van der Waals surface area contributed by atoms with Crippen molar-refractivity contribution in [2.75, 3.05) is 26.4 Å². The summed E-state index contributed by atoms with van der Waals surface area (Å²) in [5.41, 5.74) is 0. The Balaban J connectivity index is 4.55. The smallest absolute Gasteiger partial charge is 0.394 e. The molecule has 39 heavy (non-hydrogen) atoms. The Morgan fingerprint density at radius 1 is 0.692 bits per heavy atom. The van der Waals surface area contributed by atoms with Gasteiger partial charge in [-0.2, -0.15) is 0 Å². The van der Waals surface area contributed by atoms with Gasteiger partial charge in [0.15, 0.2) is 0 Å². The number of aliphatic hydroxyl groups excluding tert-OH is 2. The van der Waals surface area contributed by atoms with Crippen LogP contribution in [0, 0.1) is 0 Å². The zero-order valence-electron chi connectivity index (χ0n) is 24.8. The van der Waals surface area contributed by atoms with Crippen molar-refractivity contribution in [1.29, 1.82) is 0 Å². The predicted octanol–water partition coefficient (Wildman–Crippen LogP) is 6.67. The van der Waals surface area contributed by atoms with Crippen LogP contribution < -0.4 is 0 Å². The van der Waals surface area contributed by atoms with Crippen LogP contribution in [0.3, 0.4) is 0 Å². The van der Waals surface area contributed by atoms with Gasteiger partial charge in [-0.1, -0.05) is 117 Å². The van der Waals surface area contributed by atoms with Gasteiger partial charge < -0.3 is 15.1 Å². The van der Waals surface area contributed by atoms with Crippen LogP contribution in [0.1, 0.15) is 142 Å². The van der Waals surface area contributed by atoms with Crippen molar-refractivity contribution < 1.29 is 38.3 Å². The molecule has 2 atom stereocenters. The average Bonchev–Trinajstić information content (AvgIpc) is 2.92. The molecule has 0 aromatic rings. The lowest BCUT2D eigenvalue weighted by Crippen LogP contribution is -2.39. The summed E-state index contributed by atoms with van der Waals surface area (Å²) in [7, 11) is -4.49. The highest BCUT2D eigenvalue weighted by molar-refractivity contribution is 7.47. The Hall–Kier alpha value is -0.830. The fourth-order valence-electron chi connectivity index (χ4n) is 4.35. The van der Waals surface area contributed by atoms with E-state index in [0.29, 0.717) is 12.8 Å². The molecule has 0 heterocycles. The molecule has 0 radical (unpaired) electrons. The maximum absolute atomic E-state index is 12.9. The summed E-state index contributed by atoms with van der Waals surface area (Å²) in [6.45, 7) is 2.74.